The number of carbonyl (C=O) groups excluding carboxylic acids is 2. The zero-order valence-corrected chi connectivity index (χ0v) is 26.9. The molecule has 232 valence electrons. The number of aryl methyl sites for hydroxylation is 2. The van der Waals surface area contributed by atoms with Crippen LogP contribution in [-0.4, -0.2) is 47.4 Å². The fourth-order valence-electron chi connectivity index (χ4n) is 6.47. The number of anilines is 1. The normalized spacial score (nSPS) is 17.8. The Hall–Kier alpha value is -3.30. The molecule has 1 unspecified atom stereocenters. The van der Waals surface area contributed by atoms with E-state index < -0.39 is 0 Å². The van der Waals surface area contributed by atoms with Gasteiger partial charge in [-0.15, -0.1) is 23.7 Å². The van der Waals surface area contributed by atoms with E-state index in [-0.39, 0.29) is 30.3 Å². The molecule has 2 fully saturated rings. The van der Waals surface area contributed by atoms with Gasteiger partial charge in [-0.05, 0) is 123 Å². The van der Waals surface area contributed by atoms with Crippen LogP contribution >= 0.6 is 23.7 Å². The molecule has 2 aliphatic heterocycles. The van der Waals surface area contributed by atoms with Gasteiger partial charge in [-0.25, -0.2) is 4.98 Å². The number of benzene rings is 2. The van der Waals surface area contributed by atoms with Crippen LogP contribution in [-0.2, 0) is 22.6 Å². The van der Waals surface area contributed by atoms with E-state index in [1.54, 1.807) is 0 Å². The summed E-state index contributed by atoms with van der Waals surface area (Å²) in [6.45, 7) is 6.13. The number of rotatable bonds is 10. The number of halogens is 1. The minimum atomic E-state index is -0.344. The van der Waals surface area contributed by atoms with Gasteiger partial charge in [0.1, 0.15) is 10.9 Å². The summed E-state index contributed by atoms with van der Waals surface area (Å²) in [5, 5.41) is 6.94. The molecule has 0 radical (unpaired) electrons. The van der Waals surface area contributed by atoms with Crippen molar-refractivity contribution in [1.29, 1.82) is 0 Å². The van der Waals surface area contributed by atoms with Gasteiger partial charge in [0.05, 0.1) is 0 Å². The van der Waals surface area contributed by atoms with Gasteiger partial charge in [-0.1, -0.05) is 30.3 Å². The number of aromatic nitrogens is 1. The maximum absolute atomic E-state index is 12.0. The SMILES string of the molecule is Cc1cc(-c2ccnc3sc(CCCCN4CCC(c5ccc(NC6CCC(=O)NC6=O)cc5)CC4)cc23)ccc1CN.Cl. The van der Waals surface area contributed by atoms with Crippen molar-refractivity contribution in [3.63, 3.8) is 0 Å². The van der Waals surface area contributed by atoms with Crippen LogP contribution < -0.4 is 16.4 Å². The highest BCUT2D eigenvalue weighted by atomic mass is 35.5. The number of nitrogens with one attached hydrogen (secondary N) is 2. The second-order valence-corrected chi connectivity index (χ2v) is 13.1. The highest BCUT2D eigenvalue weighted by molar-refractivity contribution is 7.18. The molecule has 1 atom stereocenters. The van der Waals surface area contributed by atoms with Gasteiger partial charge in [0, 0.05) is 35.1 Å². The Morgan fingerprint density at radius 2 is 1.82 bits per heavy atom. The minimum absolute atomic E-state index is 0. The first-order valence-corrected chi connectivity index (χ1v) is 16.4. The number of nitrogens with two attached hydrogens (primary N) is 1. The second kappa shape index (κ2) is 14.7. The molecular weight excluding hydrogens is 590 g/mol. The number of thiophene rings is 1. The number of carbonyl (C=O) groups is 2. The van der Waals surface area contributed by atoms with Gasteiger partial charge in [0.15, 0.2) is 0 Å². The summed E-state index contributed by atoms with van der Waals surface area (Å²) in [5.74, 6) is 0.160. The number of hydrogen-bond acceptors (Lipinski definition) is 7. The van der Waals surface area contributed by atoms with E-state index in [9.17, 15) is 9.59 Å². The van der Waals surface area contributed by atoms with Crippen molar-refractivity contribution in [2.75, 3.05) is 25.0 Å². The third kappa shape index (κ3) is 7.49. The molecule has 7 nitrogen and oxygen atoms in total. The highest BCUT2D eigenvalue weighted by Gasteiger charge is 2.26. The quantitative estimate of drug-likeness (QED) is 0.135. The fraction of sp³-hybridized carbons (Fsp3) is 0.400. The molecule has 44 heavy (non-hydrogen) atoms. The predicted molar refractivity (Wildman–Crippen MR) is 183 cm³/mol. The van der Waals surface area contributed by atoms with Crippen LogP contribution in [0.25, 0.3) is 21.3 Å². The zero-order chi connectivity index (χ0) is 29.8. The zero-order valence-electron chi connectivity index (χ0n) is 25.3. The van der Waals surface area contributed by atoms with Gasteiger partial charge in [-0.2, -0.15) is 0 Å². The van der Waals surface area contributed by atoms with Crippen LogP contribution in [0.2, 0.25) is 0 Å². The van der Waals surface area contributed by atoms with Crippen molar-refractivity contribution in [2.24, 2.45) is 5.73 Å². The van der Waals surface area contributed by atoms with E-state index in [4.69, 9.17) is 5.73 Å². The van der Waals surface area contributed by atoms with Crippen molar-refractivity contribution in [1.82, 2.24) is 15.2 Å². The number of likely N-dealkylation sites (tertiary alicyclic amines) is 1. The monoisotopic (exact) mass is 631 g/mol. The second-order valence-electron chi connectivity index (χ2n) is 12.0. The Bertz CT molecular complexity index is 1600. The number of unbranched alkanes of at least 4 members (excludes halogenated alkanes) is 1. The van der Waals surface area contributed by atoms with Crippen LogP contribution in [0.1, 0.15) is 66.0 Å². The Labute approximate surface area is 270 Å². The number of fused-ring (bicyclic) bond motifs is 1. The van der Waals surface area contributed by atoms with Gasteiger partial charge in [0.2, 0.25) is 11.8 Å². The van der Waals surface area contributed by atoms with Gasteiger partial charge in [-0.3, -0.25) is 14.9 Å². The molecule has 0 saturated carbocycles. The Morgan fingerprint density at radius 1 is 1.02 bits per heavy atom. The van der Waals surface area contributed by atoms with Crippen molar-refractivity contribution in [3.05, 3.63) is 82.4 Å². The smallest absolute Gasteiger partial charge is 0.249 e. The van der Waals surface area contributed by atoms with Crippen molar-refractivity contribution in [2.45, 2.75) is 70.4 Å². The van der Waals surface area contributed by atoms with E-state index in [1.165, 1.54) is 63.8 Å². The molecule has 2 saturated heterocycles. The number of imide groups is 1. The first-order valence-electron chi connectivity index (χ1n) is 15.6. The molecule has 2 aromatic heterocycles. The van der Waals surface area contributed by atoms with Gasteiger partial charge < -0.3 is 16.0 Å². The lowest BCUT2D eigenvalue weighted by Crippen LogP contribution is -2.47. The van der Waals surface area contributed by atoms with Crippen LogP contribution in [0.5, 0.6) is 0 Å². The summed E-state index contributed by atoms with van der Waals surface area (Å²) in [4.78, 5) is 33.3. The van der Waals surface area contributed by atoms with E-state index in [0.717, 1.165) is 36.6 Å². The fourth-order valence-corrected chi connectivity index (χ4v) is 7.53. The lowest BCUT2D eigenvalue weighted by Gasteiger charge is -2.32. The molecule has 0 spiro atoms. The molecule has 6 rings (SSSR count). The third-order valence-corrected chi connectivity index (χ3v) is 10.2. The Balaban J connectivity index is 0.00000384. The summed E-state index contributed by atoms with van der Waals surface area (Å²) in [6.07, 6.45) is 8.70. The Morgan fingerprint density at radius 3 is 2.55 bits per heavy atom. The van der Waals surface area contributed by atoms with Crippen LogP contribution in [0.4, 0.5) is 5.69 Å². The average molecular weight is 632 g/mol. The first kappa shape index (κ1) is 32.1. The number of piperidine rings is 2. The topological polar surface area (TPSA) is 100 Å². The molecule has 9 heteroatoms. The third-order valence-electron chi connectivity index (χ3n) is 9.06. The maximum atomic E-state index is 12.0. The molecule has 0 bridgehead atoms. The van der Waals surface area contributed by atoms with E-state index >= 15 is 0 Å². The molecule has 4 aromatic rings. The molecule has 2 aliphatic rings. The van der Waals surface area contributed by atoms with E-state index in [2.05, 4.69) is 82.0 Å². The number of pyridine rings is 1. The van der Waals surface area contributed by atoms with Crippen LogP contribution in [0, 0.1) is 6.92 Å². The van der Waals surface area contributed by atoms with E-state index in [0.29, 0.717) is 25.3 Å². The van der Waals surface area contributed by atoms with Gasteiger partial charge in [0.25, 0.3) is 0 Å². The lowest BCUT2D eigenvalue weighted by molar-refractivity contribution is -0.133. The molecule has 2 aromatic carbocycles. The summed E-state index contributed by atoms with van der Waals surface area (Å²) < 4.78 is 0. The van der Waals surface area contributed by atoms with E-state index in [1.807, 2.05) is 17.5 Å². The largest absolute Gasteiger partial charge is 0.374 e. The Kier molecular flexibility index (Phi) is 10.7. The molecular formula is C35H42ClN5O2S. The standard InChI is InChI=1S/C35H41N5O2S.ClH/c1-23-20-26(5-6-27(23)22-36)30-13-16-37-35-31(30)21-29(43-35)4-2-3-17-40-18-14-25(15-19-40)24-7-9-28(10-8-24)38-32-11-12-33(41)39-34(32)42;/h5-10,13,16,20-21,25,32,38H,2-4,11-12,14-15,17-19,22,36H2,1H3,(H,39,41,42);1H. The average Bonchev–Trinajstić information content (AvgIpc) is 3.45. The number of hydrogen-bond donors (Lipinski definition) is 3. The molecule has 2 amide bonds. The first-order chi connectivity index (χ1) is 21.0. The van der Waals surface area contributed by atoms with Gasteiger partial charge >= 0.3 is 0 Å². The maximum Gasteiger partial charge on any atom is 0.249 e. The van der Waals surface area contributed by atoms with Crippen molar-refractivity contribution >= 4 is 51.5 Å². The molecule has 4 heterocycles. The summed E-state index contributed by atoms with van der Waals surface area (Å²) in [7, 11) is 0. The molecule has 0 aliphatic carbocycles. The number of amides is 2. The summed E-state index contributed by atoms with van der Waals surface area (Å²) in [6, 6.07) is 19.2. The van der Waals surface area contributed by atoms with Crippen molar-refractivity contribution < 1.29 is 9.59 Å². The lowest BCUT2D eigenvalue weighted by atomic mass is 9.89. The highest BCUT2D eigenvalue weighted by Crippen LogP contribution is 2.34. The van der Waals surface area contributed by atoms with Crippen LogP contribution in [0.3, 0.4) is 0 Å². The summed E-state index contributed by atoms with van der Waals surface area (Å²) >= 11 is 1.83. The number of nitrogens with zero attached hydrogens (tertiary/aromatic N) is 2. The predicted octanol–water partition coefficient (Wildman–Crippen LogP) is 6.57. The minimum Gasteiger partial charge on any atom is -0.374 e. The molecule has 4 N–H and O–H groups in total. The van der Waals surface area contributed by atoms with Crippen LogP contribution in [0.15, 0.2) is 60.8 Å². The summed E-state index contributed by atoms with van der Waals surface area (Å²) in [5.41, 5.74) is 13.1. The van der Waals surface area contributed by atoms with Crippen molar-refractivity contribution in [3.8, 4) is 11.1 Å².